The number of likely N-dealkylation sites (N-methyl/N-ethyl adjacent to an activating group) is 2. The number of nitrogens with zero attached hydrogens (tertiary/aromatic N) is 1. The quantitative estimate of drug-likeness (QED) is 0.678. The van der Waals surface area contributed by atoms with Crippen LogP contribution in [0.15, 0.2) is 0 Å². The Morgan fingerprint density at radius 1 is 1.25 bits per heavy atom. The van der Waals surface area contributed by atoms with Gasteiger partial charge in [-0.1, -0.05) is 13.8 Å². The average Bonchev–Trinajstić information content (AvgIpc) is 2.27. The van der Waals surface area contributed by atoms with E-state index in [4.69, 9.17) is 5.73 Å². The molecule has 0 aromatic rings. The summed E-state index contributed by atoms with van der Waals surface area (Å²) in [5, 5.41) is 2.65. The van der Waals surface area contributed by atoms with Gasteiger partial charge in [-0.3, -0.25) is 9.59 Å². The molecule has 5 heteroatoms. The molecule has 94 valence electrons. The van der Waals surface area contributed by atoms with Crippen molar-refractivity contribution in [3.05, 3.63) is 0 Å². The Kier molecular flexibility index (Phi) is 6.03. The highest BCUT2D eigenvalue weighted by molar-refractivity contribution is 5.89. The van der Waals surface area contributed by atoms with Gasteiger partial charge in [0.05, 0.1) is 12.1 Å². The molecule has 0 rings (SSSR count). The van der Waals surface area contributed by atoms with Crippen LogP contribution < -0.4 is 11.1 Å². The summed E-state index contributed by atoms with van der Waals surface area (Å²) in [6.45, 7) is 6.22. The molecule has 0 aliphatic heterocycles. The van der Waals surface area contributed by atoms with E-state index in [1.165, 1.54) is 4.90 Å². The maximum absolute atomic E-state index is 12.0. The van der Waals surface area contributed by atoms with Crippen LogP contribution in [0.25, 0.3) is 0 Å². The number of nitrogens with two attached hydrogens (primary N) is 1. The fraction of sp³-hybridized carbons (Fsp3) is 0.818. The molecule has 0 aromatic carbocycles. The summed E-state index contributed by atoms with van der Waals surface area (Å²) in [6.07, 6.45) is 1.14. The van der Waals surface area contributed by atoms with E-state index in [9.17, 15) is 9.59 Å². The Balaban J connectivity index is 4.43. The number of amides is 2. The van der Waals surface area contributed by atoms with E-state index in [1.807, 2.05) is 20.8 Å². The van der Waals surface area contributed by atoms with Crippen molar-refractivity contribution in [1.29, 1.82) is 0 Å². The second-order valence-electron chi connectivity index (χ2n) is 3.98. The molecule has 16 heavy (non-hydrogen) atoms. The third-order valence-corrected chi connectivity index (χ3v) is 2.79. The van der Waals surface area contributed by atoms with Crippen LogP contribution in [0.2, 0.25) is 0 Å². The minimum absolute atomic E-state index is 0.0611. The highest BCUT2D eigenvalue weighted by atomic mass is 16.2. The van der Waals surface area contributed by atoms with Gasteiger partial charge in [0, 0.05) is 13.6 Å². The van der Waals surface area contributed by atoms with Gasteiger partial charge in [0.25, 0.3) is 0 Å². The van der Waals surface area contributed by atoms with Gasteiger partial charge in [0.1, 0.15) is 0 Å². The first-order valence-corrected chi connectivity index (χ1v) is 5.72. The van der Waals surface area contributed by atoms with Gasteiger partial charge in [0.2, 0.25) is 11.8 Å². The predicted molar refractivity (Wildman–Crippen MR) is 63.8 cm³/mol. The fourth-order valence-electron chi connectivity index (χ4n) is 1.47. The van der Waals surface area contributed by atoms with E-state index in [0.717, 1.165) is 0 Å². The lowest BCUT2D eigenvalue weighted by atomic mass is 9.92. The van der Waals surface area contributed by atoms with Gasteiger partial charge < -0.3 is 16.0 Å². The molecule has 5 nitrogen and oxygen atoms in total. The molecule has 0 aromatic heterocycles. The van der Waals surface area contributed by atoms with Crippen molar-refractivity contribution in [2.45, 2.75) is 39.2 Å². The summed E-state index contributed by atoms with van der Waals surface area (Å²) in [5.41, 5.74) is 5.12. The molecule has 0 fully saturated rings. The second-order valence-corrected chi connectivity index (χ2v) is 3.98. The summed E-state index contributed by atoms with van der Waals surface area (Å²) in [7, 11) is 1.60. The molecule has 0 saturated carbocycles. The first-order chi connectivity index (χ1) is 7.41. The summed E-state index contributed by atoms with van der Waals surface area (Å²) in [4.78, 5) is 24.7. The van der Waals surface area contributed by atoms with E-state index in [-0.39, 0.29) is 18.4 Å². The number of nitrogens with one attached hydrogen (secondary N) is 1. The van der Waals surface area contributed by atoms with E-state index in [1.54, 1.807) is 7.05 Å². The Morgan fingerprint density at radius 2 is 1.75 bits per heavy atom. The molecular weight excluding hydrogens is 206 g/mol. The Bertz CT molecular complexity index is 250. The molecule has 2 amide bonds. The van der Waals surface area contributed by atoms with Gasteiger partial charge in [-0.2, -0.15) is 0 Å². The lowest BCUT2D eigenvalue weighted by Crippen LogP contribution is -2.55. The first kappa shape index (κ1) is 14.9. The van der Waals surface area contributed by atoms with E-state index in [0.29, 0.717) is 19.4 Å². The zero-order valence-corrected chi connectivity index (χ0v) is 10.7. The highest BCUT2D eigenvalue weighted by Crippen LogP contribution is 2.14. The normalized spacial score (nSPS) is 11.1. The molecule has 0 heterocycles. The van der Waals surface area contributed by atoms with Crippen LogP contribution in [0.3, 0.4) is 0 Å². The minimum Gasteiger partial charge on any atom is -0.355 e. The molecule has 0 bridgehead atoms. The van der Waals surface area contributed by atoms with Crippen molar-refractivity contribution in [3.8, 4) is 0 Å². The molecule has 0 saturated heterocycles. The van der Waals surface area contributed by atoms with Gasteiger partial charge in [-0.25, -0.2) is 0 Å². The number of carbonyl (C=O) groups is 2. The smallest absolute Gasteiger partial charge is 0.242 e. The Labute approximate surface area is 97.4 Å². The number of hydrogen-bond donors (Lipinski definition) is 2. The van der Waals surface area contributed by atoms with Crippen molar-refractivity contribution in [2.24, 2.45) is 5.73 Å². The van der Waals surface area contributed by atoms with Crippen LogP contribution in [0, 0.1) is 0 Å². The lowest BCUT2D eigenvalue weighted by Gasteiger charge is -2.30. The summed E-state index contributed by atoms with van der Waals surface area (Å²) < 4.78 is 0. The van der Waals surface area contributed by atoms with Crippen LogP contribution in [0.4, 0.5) is 0 Å². The molecule has 0 spiro atoms. The summed E-state index contributed by atoms with van der Waals surface area (Å²) in [6, 6.07) is 0. The third-order valence-electron chi connectivity index (χ3n) is 2.79. The highest BCUT2D eigenvalue weighted by Gasteiger charge is 2.32. The minimum atomic E-state index is -0.846. The van der Waals surface area contributed by atoms with Crippen molar-refractivity contribution in [3.63, 3.8) is 0 Å². The standard InChI is InChI=1S/C11H23N3O2/c1-5-11(12,6-2)10(16)14(4)8-9(15)13-7-3/h5-8,12H2,1-4H3,(H,13,15). The van der Waals surface area contributed by atoms with E-state index < -0.39 is 5.54 Å². The topological polar surface area (TPSA) is 75.4 Å². The monoisotopic (exact) mass is 229 g/mol. The van der Waals surface area contributed by atoms with Crippen molar-refractivity contribution in [1.82, 2.24) is 10.2 Å². The molecule has 0 atom stereocenters. The van der Waals surface area contributed by atoms with Gasteiger partial charge >= 0.3 is 0 Å². The summed E-state index contributed by atoms with van der Waals surface area (Å²) >= 11 is 0. The molecule has 0 aliphatic rings. The molecule has 0 unspecified atom stereocenters. The molecule has 3 N–H and O–H groups in total. The zero-order chi connectivity index (χ0) is 12.8. The number of carbonyl (C=O) groups excluding carboxylic acids is 2. The maximum Gasteiger partial charge on any atom is 0.242 e. The zero-order valence-electron chi connectivity index (χ0n) is 10.7. The van der Waals surface area contributed by atoms with Gasteiger partial charge in [0.15, 0.2) is 0 Å². The van der Waals surface area contributed by atoms with E-state index >= 15 is 0 Å². The molecular formula is C11H23N3O2. The van der Waals surface area contributed by atoms with Crippen LogP contribution in [0.5, 0.6) is 0 Å². The van der Waals surface area contributed by atoms with Crippen molar-refractivity contribution < 1.29 is 9.59 Å². The second kappa shape index (κ2) is 6.48. The largest absolute Gasteiger partial charge is 0.355 e. The number of rotatable bonds is 6. The van der Waals surface area contributed by atoms with Crippen molar-refractivity contribution in [2.75, 3.05) is 20.1 Å². The van der Waals surface area contributed by atoms with Gasteiger partial charge in [-0.05, 0) is 19.8 Å². The van der Waals surface area contributed by atoms with Gasteiger partial charge in [-0.15, -0.1) is 0 Å². The SMILES string of the molecule is CCNC(=O)CN(C)C(=O)C(N)(CC)CC. The van der Waals surface area contributed by atoms with Crippen LogP contribution in [-0.2, 0) is 9.59 Å². The summed E-state index contributed by atoms with van der Waals surface area (Å²) in [5.74, 6) is -0.336. The third kappa shape index (κ3) is 3.81. The Morgan fingerprint density at radius 3 is 2.12 bits per heavy atom. The maximum atomic E-state index is 12.0. The molecule has 0 aliphatic carbocycles. The predicted octanol–water partition coefficient (Wildman–Crippen LogP) is 0.0984. The fourth-order valence-corrected chi connectivity index (χ4v) is 1.47. The number of hydrogen-bond acceptors (Lipinski definition) is 3. The average molecular weight is 229 g/mol. The van der Waals surface area contributed by atoms with Crippen molar-refractivity contribution >= 4 is 11.8 Å². The first-order valence-electron chi connectivity index (χ1n) is 5.72. The molecule has 0 radical (unpaired) electrons. The van der Waals surface area contributed by atoms with Crippen LogP contribution in [0.1, 0.15) is 33.6 Å². The Hall–Kier alpha value is -1.10. The van der Waals surface area contributed by atoms with Crippen LogP contribution in [-0.4, -0.2) is 42.4 Å². The lowest BCUT2D eigenvalue weighted by molar-refractivity contribution is -0.139. The van der Waals surface area contributed by atoms with E-state index in [2.05, 4.69) is 5.32 Å². The van der Waals surface area contributed by atoms with Crippen LogP contribution >= 0.6 is 0 Å².